The van der Waals surface area contributed by atoms with Crippen LogP contribution in [0.2, 0.25) is 0 Å². The fourth-order valence-electron chi connectivity index (χ4n) is 2.05. The second-order valence-electron chi connectivity index (χ2n) is 3.85. The zero-order valence-corrected chi connectivity index (χ0v) is 9.37. The van der Waals surface area contributed by atoms with Gasteiger partial charge < -0.3 is 4.90 Å². The molecule has 0 aromatic carbocycles. The summed E-state index contributed by atoms with van der Waals surface area (Å²) in [4.78, 5) is 4.73. The van der Waals surface area contributed by atoms with E-state index in [1.807, 2.05) is 0 Å². The summed E-state index contributed by atoms with van der Waals surface area (Å²) < 4.78 is 0. The van der Waals surface area contributed by atoms with Crippen molar-refractivity contribution in [2.75, 3.05) is 32.7 Å². The van der Waals surface area contributed by atoms with E-state index in [0.717, 1.165) is 39.1 Å². The molecule has 80 valence electrons. The van der Waals surface area contributed by atoms with Crippen LogP contribution in [0.5, 0.6) is 0 Å². The maximum absolute atomic E-state index is 8.91. The third-order valence-electron chi connectivity index (χ3n) is 3.11. The maximum Gasteiger partial charge on any atom is 0.0978 e. The van der Waals surface area contributed by atoms with Gasteiger partial charge >= 0.3 is 0 Å². The number of nitriles is 1. The monoisotopic (exact) mass is 195 g/mol. The molecule has 0 N–H and O–H groups in total. The second kappa shape index (κ2) is 6.00. The standard InChI is InChI=1S/C11H21N3/c1-3-13(4-2)8-9-14-7-5-6-11(14)10-12/h11H,3-9H2,1-2H3. The molecule has 1 fully saturated rings. The zero-order chi connectivity index (χ0) is 10.4. The Morgan fingerprint density at radius 1 is 1.43 bits per heavy atom. The van der Waals surface area contributed by atoms with Gasteiger partial charge in [-0.05, 0) is 32.5 Å². The van der Waals surface area contributed by atoms with Crippen LogP contribution in [0.1, 0.15) is 26.7 Å². The van der Waals surface area contributed by atoms with Gasteiger partial charge in [-0.2, -0.15) is 5.26 Å². The van der Waals surface area contributed by atoms with Crippen LogP contribution in [0.3, 0.4) is 0 Å². The lowest BCUT2D eigenvalue weighted by atomic mass is 10.2. The van der Waals surface area contributed by atoms with Gasteiger partial charge in [-0.3, -0.25) is 4.90 Å². The van der Waals surface area contributed by atoms with E-state index >= 15 is 0 Å². The Kier molecular flexibility index (Phi) is 4.92. The average molecular weight is 195 g/mol. The first-order chi connectivity index (χ1) is 6.81. The van der Waals surface area contributed by atoms with E-state index in [2.05, 4.69) is 29.7 Å². The Morgan fingerprint density at radius 3 is 2.71 bits per heavy atom. The Hall–Kier alpha value is -0.590. The Balaban J connectivity index is 2.27. The first-order valence-electron chi connectivity index (χ1n) is 5.67. The largest absolute Gasteiger partial charge is 0.303 e. The molecule has 0 radical (unpaired) electrons. The molecule has 0 aromatic heterocycles. The lowest BCUT2D eigenvalue weighted by Crippen LogP contribution is -2.37. The van der Waals surface area contributed by atoms with E-state index in [-0.39, 0.29) is 6.04 Å². The predicted molar refractivity (Wildman–Crippen MR) is 58.0 cm³/mol. The molecule has 1 saturated heterocycles. The van der Waals surface area contributed by atoms with Crippen molar-refractivity contribution < 1.29 is 0 Å². The maximum atomic E-state index is 8.91. The van der Waals surface area contributed by atoms with E-state index < -0.39 is 0 Å². The molecule has 3 heteroatoms. The summed E-state index contributed by atoms with van der Waals surface area (Å²) in [5.74, 6) is 0. The summed E-state index contributed by atoms with van der Waals surface area (Å²) in [7, 11) is 0. The Labute approximate surface area is 87.3 Å². The van der Waals surface area contributed by atoms with Crippen LogP contribution in [0.15, 0.2) is 0 Å². The summed E-state index contributed by atoms with van der Waals surface area (Å²) in [6, 6.07) is 2.57. The average Bonchev–Trinajstić information content (AvgIpc) is 2.67. The van der Waals surface area contributed by atoms with Crippen molar-refractivity contribution in [3.05, 3.63) is 0 Å². The summed E-state index contributed by atoms with van der Waals surface area (Å²) in [6.07, 6.45) is 2.26. The molecule has 3 nitrogen and oxygen atoms in total. The molecule has 1 unspecified atom stereocenters. The fourth-order valence-corrected chi connectivity index (χ4v) is 2.05. The van der Waals surface area contributed by atoms with Crippen LogP contribution in [-0.2, 0) is 0 Å². The van der Waals surface area contributed by atoms with E-state index in [9.17, 15) is 0 Å². The smallest absolute Gasteiger partial charge is 0.0978 e. The summed E-state index contributed by atoms with van der Waals surface area (Å²) in [5, 5.41) is 8.91. The van der Waals surface area contributed by atoms with E-state index in [1.165, 1.54) is 6.42 Å². The molecule has 0 bridgehead atoms. The van der Waals surface area contributed by atoms with Crippen molar-refractivity contribution in [2.45, 2.75) is 32.7 Å². The van der Waals surface area contributed by atoms with Crippen molar-refractivity contribution in [3.8, 4) is 6.07 Å². The highest BCUT2D eigenvalue weighted by Crippen LogP contribution is 2.15. The first-order valence-corrected chi connectivity index (χ1v) is 5.67. The predicted octanol–water partition coefficient (Wildman–Crippen LogP) is 1.32. The van der Waals surface area contributed by atoms with Crippen LogP contribution < -0.4 is 0 Å². The summed E-state index contributed by atoms with van der Waals surface area (Å²) >= 11 is 0. The topological polar surface area (TPSA) is 30.3 Å². The van der Waals surface area contributed by atoms with Crippen molar-refractivity contribution in [1.29, 1.82) is 5.26 Å². The van der Waals surface area contributed by atoms with Crippen LogP contribution in [0, 0.1) is 11.3 Å². The van der Waals surface area contributed by atoms with Crippen LogP contribution in [0.25, 0.3) is 0 Å². The zero-order valence-electron chi connectivity index (χ0n) is 9.37. The van der Waals surface area contributed by atoms with Gasteiger partial charge in [0.05, 0.1) is 12.1 Å². The van der Waals surface area contributed by atoms with Crippen LogP contribution in [-0.4, -0.2) is 48.6 Å². The number of hydrogen-bond acceptors (Lipinski definition) is 3. The SMILES string of the molecule is CCN(CC)CCN1CCCC1C#N. The van der Waals surface area contributed by atoms with E-state index in [0.29, 0.717) is 0 Å². The highest BCUT2D eigenvalue weighted by Gasteiger charge is 2.23. The molecule has 1 atom stereocenters. The van der Waals surface area contributed by atoms with E-state index in [1.54, 1.807) is 0 Å². The summed E-state index contributed by atoms with van der Waals surface area (Å²) in [6.45, 7) is 9.87. The molecule has 1 aliphatic rings. The van der Waals surface area contributed by atoms with Gasteiger partial charge in [0.1, 0.15) is 0 Å². The van der Waals surface area contributed by atoms with Crippen molar-refractivity contribution in [2.24, 2.45) is 0 Å². The fraction of sp³-hybridized carbons (Fsp3) is 0.909. The Bertz CT molecular complexity index is 193. The third kappa shape index (κ3) is 2.97. The molecular formula is C11H21N3. The van der Waals surface area contributed by atoms with Crippen LogP contribution >= 0.6 is 0 Å². The van der Waals surface area contributed by atoms with Gasteiger partial charge in [-0.25, -0.2) is 0 Å². The molecule has 0 spiro atoms. The molecule has 0 saturated carbocycles. The quantitative estimate of drug-likeness (QED) is 0.662. The van der Waals surface area contributed by atoms with Gasteiger partial charge in [-0.15, -0.1) is 0 Å². The van der Waals surface area contributed by atoms with Crippen molar-refractivity contribution in [1.82, 2.24) is 9.80 Å². The minimum Gasteiger partial charge on any atom is -0.303 e. The van der Waals surface area contributed by atoms with Gasteiger partial charge in [0.15, 0.2) is 0 Å². The lowest BCUT2D eigenvalue weighted by Gasteiger charge is -2.24. The number of hydrogen-bond donors (Lipinski definition) is 0. The highest BCUT2D eigenvalue weighted by atomic mass is 15.2. The number of likely N-dealkylation sites (N-methyl/N-ethyl adjacent to an activating group) is 1. The Morgan fingerprint density at radius 2 is 2.14 bits per heavy atom. The molecule has 14 heavy (non-hydrogen) atoms. The number of rotatable bonds is 5. The normalized spacial score (nSPS) is 22.9. The van der Waals surface area contributed by atoms with Gasteiger partial charge in [0, 0.05) is 13.1 Å². The molecule has 1 heterocycles. The number of nitrogens with zero attached hydrogens (tertiary/aromatic N) is 3. The minimum atomic E-state index is 0.186. The number of likely N-dealkylation sites (tertiary alicyclic amines) is 1. The van der Waals surface area contributed by atoms with E-state index in [4.69, 9.17) is 5.26 Å². The van der Waals surface area contributed by atoms with Gasteiger partial charge in [-0.1, -0.05) is 13.8 Å². The first kappa shape index (κ1) is 11.5. The van der Waals surface area contributed by atoms with Crippen molar-refractivity contribution >= 4 is 0 Å². The van der Waals surface area contributed by atoms with Gasteiger partial charge in [0.2, 0.25) is 0 Å². The summed E-state index contributed by atoms with van der Waals surface area (Å²) in [5.41, 5.74) is 0. The highest BCUT2D eigenvalue weighted by molar-refractivity contribution is 4.95. The molecule has 0 aliphatic carbocycles. The lowest BCUT2D eigenvalue weighted by molar-refractivity contribution is 0.223. The van der Waals surface area contributed by atoms with Crippen LogP contribution in [0.4, 0.5) is 0 Å². The van der Waals surface area contributed by atoms with Gasteiger partial charge in [0.25, 0.3) is 0 Å². The molecule has 0 aromatic rings. The van der Waals surface area contributed by atoms with Crippen molar-refractivity contribution in [3.63, 3.8) is 0 Å². The molecular weight excluding hydrogens is 174 g/mol. The molecule has 0 amide bonds. The molecule has 1 aliphatic heterocycles. The second-order valence-corrected chi connectivity index (χ2v) is 3.85. The minimum absolute atomic E-state index is 0.186. The molecule has 1 rings (SSSR count). The third-order valence-corrected chi connectivity index (χ3v) is 3.11.